The van der Waals surface area contributed by atoms with Crippen LogP contribution in [0.3, 0.4) is 0 Å². The molecule has 0 aliphatic heterocycles. The van der Waals surface area contributed by atoms with Crippen molar-refractivity contribution >= 4 is 33.3 Å². The van der Waals surface area contributed by atoms with Crippen molar-refractivity contribution < 1.29 is 9.53 Å². The monoisotopic (exact) mass is 309 g/mol. The molecule has 0 spiro atoms. The summed E-state index contributed by atoms with van der Waals surface area (Å²) in [5.41, 5.74) is 6.94. The molecular weight excluding hydrogens is 290 g/mol. The fraction of sp³-hybridized carbons (Fsp3) is 0.462. The second kappa shape index (κ2) is 7.30. The minimum atomic E-state index is -0.183. The summed E-state index contributed by atoms with van der Waals surface area (Å²) in [7, 11) is 3.65. The largest absolute Gasteiger partial charge is 0.396 e. The predicted molar refractivity (Wildman–Crippen MR) is 83.5 cm³/mol. The fourth-order valence-corrected chi connectivity index (χ4v) is 2.75. The van der Waals surface area contributed by atoms with Crippen LogP contribution in [0.2, 0.25) is 0 Å². The van der Waals surface area contributed by atoms with E-state index in [1.165, 1.54) is 11.3 Å². The highest BCUT2D eigenvalue weighted by molar-refractivity contribution is 7.21. The van der Waals surface area contributed by atoms with Gasteiger partial charge in [-0.3, -0.25) is 4.79 Å². The summed E-state index contributed by atoms with van der Waals surface area (Å²) in [4.78, 5) is 23.7. The van der Waals surface area contributed by atoms with Crippen LogP contribution in [0, 0.1) is 0 Å². The van der Waals surface area contributed by atoms with E-state index in [9.17, 15) is 4.79 Å². The van der Waals surface area contributed by atoms with Gasteiger partial charge in [-0.1, -0.05) is 0 Å². The number of hydrogen-bond donors (Lipinski definition) is 2. The number of hydrogen-bond acceptors (Lipinski definition) is 7. The number of likely N-dealkylation sites (N-methyl/N-ethyl adjacent to an activating group) is 1. The molecule has 0 saturated heterocycles. The Morgan fingerprint density at radius 1 is 1.43 bits per heavy atom. The molecule has 0 bridgehead atoms. The smallest absolute Gasteiger partial charge is 0.263 e. The van der Waals surface area contributed by atoms with Gasteiger partial charge in [0.25, 0.3) is 5.91 Å². The molecule has 7 nitrogen and oxygen atoms in total. The van der Waals surface area contributed by atoms with E-state index < -0.39 is 0 Å². The average Bonchev–Trinajstić information content (AvgIpc) is 2.83. The summed E-state index contributed by atoms with van der Waals surface area (Å²) in [5, 5.41) is 2.86. The highest BCUT2D eigenvalue weighted by atomic mass is 32.1. The van der Waals surface area contributed by atoms with Gasteiger partial charge >= 0.3 is 0 Å². The summed E-state index contributed by atoms with van der Waals surface area (Å²) in [6.07, 6.45) is 3.16. The Hall–Kier alpha value is -1.77. The molecule has 0 atom stereocenters. The Labute approximate surface area is 127 Å². The summed E-state index contributed by atoms with van der Waals surface area (Å²) < 4.78 is 5.00. The van der Waals surface area contributed by atoms with Crippen molar-refractivity contribution in [2.75, 3.05) is 46.1 Å². The van der Waals surface area contributed by atoms with Gasteiger partial charge in [-0.2, -0.15) is 0 Å². The number of fused-ring (bicyclic) bond motifs is 1. The molecule has 0 unspecified atom stereocenters. The van der Waals surface area contributed by atoms with Gasteiger partial charge in [-0.15, -0.1) is 11.3 Å². The van der Waals surface area contributed by atoms with Crippen LogP contribution >= 0.6 is 11.3 Å². The molecule has 2 rings (SSSR count). The van der Waals surface area contributed by atoms with Crippen LogP contribution in [0.5, 0.6) is 0 Å². The van der Waals surface area contributed by atoms with Gasteiger partial charge in [-0.05, 0) is 7.05 Å². The lowest BCUT2D eigenvalue weighted by Crippen LogP contribution is -2.34. The zero-order valence-corrected chi connectivity index (χ0v) is 12.9. The maximum Gasteiger partial charge on any atom is 0.263 e. The van der Waals surface area contributed by atoms with E-state index in [0.29, 0.717) is 34.1 Å². The minimum Gasteiger partial charge on any atom is -0.396 e. The summed E-state index contributed by atoms with van der Waals surface area (Å²) in [6.45, 7) is 2.79. The predicted octanol–water partition coefficient (Wildman–Crippen LogP) is 0.581. The topological polar surface area (TPSA) is 93.4 Å². The third-order valence-electron chi connectivity index (χ3n) is 3.03. The molecule has 0 aliphatic carbocycles. The van der Waals surface area contributed by atoms with Crippen molar-refractivity contribution in [3.63, 3.8) is 0 Å². The number of amides is 1. The molecule has 2 heterocycles. The van der Waals surface area contributed by atoms with Crippen LogP contribution in [0.15, 0.2) is 12.4 Å². The van der Waals surface area contributed by atoms with Gasteiger partial charge in [0.1, 0.15) is 15.2 Å². The van der Waals surface area contributed by atoms with Gasteiger partial charge in [0.15, 0.2) is 0 Å². The highest BCUT2D eigenvalue weighted by Gasteiger charge is 2.17. The summed E-state index contributed by atoms with van der Waals surface area (Å²) in [6, 6.07) is 0. The van der Waals surface area contributed by atoms with Crippen LogP contribution in [-0.4, -0.2) is 61.2 Å². The first-order valence-corrected chi connectivity index (χ1v) is 7.39. The van der Waals surface area contributed by atoms with Gasteiger partial charge < -0.3 is 20.7 Å². The standard InChI is InChI=1S/C13H19N5O2S/c1-18(7-8-20-2)6-5-16-12(19)11-9(14)10-13(21-11)17-4-3-15-10/h3-4H,5-8,14H2,1-2H3,(H,16,19). The van der Waals surface area contributed by atoms with Crippen molar-refractivity contribution in [2.24, 2.45) is 0 Å². The Kier molecular flexibility index (Phi) is 5.43. The highest BCUT2D eigenvalue weighted by Crippen LogP contribution is 2.30. The molecule has 0 radical (unpaired) electrons. The van der Waals surface area contributed by atoms with Crippen molar-refractivity contribution in [2.45, 2.75) is 0 Å². The molecule has 0 aliphatic rings. The number of carbonyl (C=O) groups excluding carboxylic acids is 1. The Morgan fingerprint density at radius 3 is 2.90 bits per heavy atom. The molecule has 0 aromatic carbocycles. The third kappa shape index (κ3) is 3.87. The third-order valence-corrected chi connectivity index (χ3v) is 4.13. The molecule has 2 aromatic heterocycles. The van der Waals surface area contributed by atoms with E-state index in [0.717, 1.165) is 13.1 Å². The Bertz CT molecular complexity index is 616. The minimum absolute atomic E-state index is 0.183. The molecular formula is C13H19N5O2S. The number of ether oxygens (including phenoxy) is 1. The van der Waals surface area contributed by atoms with Crippen LogP contribution in [0.1, 0.15) is 9.67 Å². The summed E-state index contributed by atoms with van der Waals surface area (Å²) >= 11 is 1.26. The number of nitrogens with two attached hydrogens (primary N) is 1. The van der Waals surface area contributed by atoms with Crippen molar-refractivity contribution in [1.29, 1.82) is 0 Å². The average molecular weight is 309 g/mol. The molecule has 21 heavy (non-hydrogen) atoms. The molecule has 0 saturated carbocycles. The quantitative estimate of drug-likeness (QED) is 0.777. The maximum absolute atomic E-state index is 12.2. The van der Waals surface area contributed by atoms with Crippen LogP contribution < -0.4 is 11.1 Å². The molecule has 1 amide bonds. The number of nitrogens with one attached hydrogen (secondary N) is 1. The van der Waals surface area contributed by atoms with Crippen molar-refractivity contribution in [1.82, 2.24) is 20.2 Å². The molecule has 0 fully saturated rings. The number of aromatic nitrogens is 2. The number of nitrogen functional groups attached to an aromatic ring is 1. The van der Waals surface area contributed by atoms with Crippen LogP contribution in [0.4, 0.5) is 5.69 Å². The first-order valence-electron chi connectivity index (χ1n) is 6.58. The van der Waals surface area contributed by atoms with Gasteiger partial charge in [0.2, 0.25) is 0 Å². The number of anilines is 1. The number of carbonyl (C=O) groups is 1. The number of nitrogens with zero attached hydrogens (tertiary/aromatic N) is 3. The first-order chi connectivity index (χ1) is 10.1. The maximum atomic E-state index is 12.2. The van der Waals surface area contributed by atoms with E-state index in [2.05, 4.69) is 20.2 Å². The Balaban J connectivity index is 1.92. The van der Waals surface area contributed by atoms with Crippen molar-refractivity contribution in [3.8, 4) is 0 Å². The number of methoxy groups -OCH3 is 1. The molecule has 8 heteroatoms. The lowest BCUT2D eigenvalue weighted by molar-refractivity contribution is 0.0952. The van der Waals surface area contributed by atoms with Crippen LogP contribution in [-0.2, 0) is 4.74 Å². The molecule has 3 N–H and O–H groups in total. The summed E-state index contributed by atoms with van der Waals surface area (Å²) in [5.74, 6) is -0.183. The molecule has 2 aromatic rings. The van der Waals surface area contributed by atoms with E-state index in [1.54, 1.807) is 19.5 Å². The van der Waals surface area contributed by atoms with Gasteiger partial charge in [-0.25, -0.2) is 9.97 Å². The van der Waals surface area contributed by atoms with E-state index in [1.807, 2.05) is 7.05 Å². The van der Waals surface area contributed by atoms with Gasteiger partial charge in [0.05, 0.1) is 12.3 Å². The van der Waals surface area contributed by atoms with E-state index in [-0.39, 0.29) is 5.91 Å². The lowest BCUT2D eigenvalue weighted by Gasteiger charge is -2.15. The zero-order chi connectivity index (χ0) is 15.2. The lowest BCUT2D eigenvalue weighted by atomic mass is 10.3. The molecule has 114 valence electrons. The fourth-order valence-electron chi connectivity index (χ4n) is 1.81. The Morgan fingerprint density at radius 2 is 2.19 bits per heavy atom. The SMILES string of the molecule is COCCN(C)CCNC(=O)c1sc2nccnc2c1N. The second-order valence-electron chi connectivity index (χ2n) is 4.61. The number of rotatable bonds is 7. The normalized spacial score (nSPS) is 11.2. The van der Waals surface area contributed by atoms with E-state index in [4.69, 9.17) is 10.5 Å². The van der Waals surface area contributed by atoms with Gasteiger partial charge in [0, 0.05) is 39.1 Å². The first kappa shape index (κ1) is 15.6. The van der Waals surface area contributed by atoms with Crippen LogP contribution in [0.25, 0.3) is 10.3 Å². The zero-order valence-electron chi connectivity index (χ0n) is 12.1. The van der Waals surface area contributed by atoms with E-state index >= 15 is 0 Å². The second-order valence-corrected chi connectivity index (χ2v) is 5.61. The van der Waals surface area contributed by atoms with Crippen molar-refractivity contribution in [3.05, 3.63) is 17.3 Å². The number of thiophene rings is 1.